The van der Waals surface area contributed by atoms with Gasteiger partial charge in [0.2, 0.25) is 0 Å². The third kappa shape index (κ3) is 6.85. The van der Waals surface area contributed by atoms with Gasteiger partial charge in [0.05, 0.1) is 28.6 Å². The van der Waals surface area contributed by atoms with Crippen molar-refractivity contribution >= 4 is 58.0 Å². The maximum atomic E-state index is 14.0. The second-order valence-electron chi connectivity index (χ2n) is 7.07. The van der Waals surface area contributed by atoms with E-state index in [1.165, 1.54) is 31.4 Å². The SMILES string of the molecule is COc1cc(C(C)=NNC(=O)C(=O)Nc2cc(Cl)ccc2Cl)ccc1OCc1c(F)cccc1Cl. The highest BCUT2D eigenvalue weighted by Gasteiger charge is 2.16. The van der Waals surface area contributed by atoms with E-state index in [9.17, 15) is 14.0 Å². The van der Waals surface area contributed by atoms with Crippen molar-refractivity contribution in [2.45, 2.75) is 13.5 Å². The van der Waals surface area contributed by atoms with Crippen molar-refractivity contribution in [1.29, 1.82) is 0 Å². The summed E-state index contributed by atoms with van der Waals surface area (Å²) in [6, 6.07) is 13.7. The minimum Gasteiger partial charge on any atom is -0.493 e. The summed E-state index contributed by atoms with van der Waals surface area (Å²) >= 11 is 17.9. The van der Waals surface area contributed by atoms with E-state index < -0.39 is 17.6 Å². The Balaban J connectivity index is 1.66. The van der Waals surface area contributed by atoms with Crippen LogP contribution in [0.5, 0.6) is 11.5 Å². The van der Waals surface area contributed by atoms with Crippen molar-refractivity contribution in [2.24, 2.45) is 5.10 Å². The number of nitrogens with zero attached hydrogens (tertiary/aromatic N) is 1. The second-order valence-corrected chi connectivity index (χ2v) is 8.32. The molecule has 11 heteroatoms. The van der Waals surface area contributed by atoms with Gasteiger partial charge in [0.15, 0.2) is 11.5 Å². The summed E-state index contributed by atoms with van der Waals surface area (Å²) in [5, 5.41) is 7.14. The van der Waals surface area contributed by atoms with Crippen LogP contribution in [0.15, 0.2) is 59.7 Å². The van der Waals surface area contributed by atoms with Crippen LogP contribution in [0.1, 0.15) is 18.1 Å². The molecule has 0 aliphatic rings. The average Bonchev–Trinajstić information content (AvgIpc) is 2.84. The van der Waals surface area contributed by atoms with Gasteiger partial charge in [0.25, 0.3) is 0 Å². The van der Waals surface area contributed by atoms with Crippen molar-refractivity contribution in [1.82, 2.24) is 5.43 Å². The van der Waals surface area contributed by atoms with Gasteiger partial charge in [-0.15, -0.1) is 0 Å². The lowest BCUT2D eigenvalue weighted by Gasteiger charge is -2.13. The van der Waals surface area contributed by atoms with Crippen LogP contribution in [0, 0.1) is 5.82 Å². The molecule has 0 unspecified atom stereocenters. The molecule has 182 valence electrons. The van der Waals surface area contributed by atoms with E-state index in [1.807, 2.05) is 0 Å². The molecule has 2 amide bonds. The summed E-state index contributed by atoms with van der Waals surface area (Å²) < 4.78 is 25.0. The molecule has 0 saturated carbocycles. The van der Waals surface area contributed by atoms with E-state index >= 15 is 0 Å². The van der Waals surface area contributed by atoms with Crippen LogP contribution in [0.4, 0.5) is 10.1 Å². The molecule has 3 rings (SSSR count). The molecule has 7 nitrogen and oxygen atoms in total. The largest absolute Gasteiger partial charge is 0.493 e. The second kappa shape index (κ2) is 11.9. The number of hydrogen-bond donors (Lipinski definition) is 2. The molecule has 2 N–H and O–H groups in total. The van der Waals surface area contributed by atoms with Crippen LogP contribution in [-0.2, 0) is 16.2 Å². The molecule has 0 aliphatic heterocycles. The Morgan fingerprint density at radius 2 is 1.74 bits per heavy atom. The van der Waals surface area contributed by atoms with Crippen LogP contribution in [0.2, 0.25) is 15.1 Å². The molecule has 0 bridgehead atoms. The molecule has 35 heavy (non-hydrogen) atoms. The zero-order chi connectivity index (χ0) is 25.5. The minimum absolute atomic E-state index is 0.101. The highest BCUT2D eigenvalue weighted by atomic mass is 35.5. The quantitative estimate of drug-likeness (QED) is 0.224. The predicted octanol–water partition coefficient (Wildman–Crippen LogP) is 5.85. The monoisotopic (exact) mass is 537 g/mol. The molecule has 3 aromatic carbocycles. The van der Waals surface area contributed by atoms with Gasteiger partial charge in [0, 0.05) is 16.1 Å². The number of carbonyl (C=O) groups is 2. The average molecular weight is 539 g/mol. The molecule has 0 aromatic heterocycles. The smallest absolute Gasteiger partial charge is 0.329 e. The van der Waals surface area contributed by atoms with E-state index in [2.05, 4.69) is 15.8 Å². The fraction of sp³-hybridized carbons (Fsp3) is 0.125. The van der Waals surface area contributed by atoms with Gasteiger partial charge in [-0.2, -0.15) is 5.10 Å². The summed E-state index contributed by atoms with van der Waals surface area (Å²) in [5.74, 6) is -1.75. The molecule has 0 saturated heterocycles. The standard InChI is InChI=1S/C24H19Cl3FN3O4/c1-13(30-31-24(33)23(32)29-20-11-15(25)7-8-18(20)27)14-6-9-21(22(10-14)34-2)35-12-16-17(26)4-3-5-19(16)28/h3-11H,12H2,1-2H3,(H,29,32)(H,31,33). The Morgan fingerprint density at radius 3 is 2.46 bits per heavy atom. The number of amides is 2. The Bertz CT molecular complexity index is 1280. The fourth-order valence-electron chi connectivity index (χ4n) is 2.85. The van der Waals surface area contributed by atoms with Crippen molar-refractivity contribution < 1.29 is 23.5 Å². The third-order valence-electron chi connectivity index (χ3n) is 4.72. The molecule has 0 aliphatic carbocycles. The molecule has 3 aromatic rings. The topological polar surface area (TPSA) is 89.0 Å². The molecular formula is C24H19Cl3FN3O4. The number of hydrogen-bond acceptors (Lipinski definition) is 5. The predicted molar refractivity (Wildman–Crippen MR) is 134 cm³/mol. The number of benzene rings is 3. The van der Waals surface area contributed by atoms with E-state index in [0.717, 1.165) is 0 Å². The molecule has 0 radical (unpaired) electrons. The number of methoxy groups -OCH3 is 1. The highest BCUT2D eigenvalue weighted by Crippen LogP contribution is 2.30. The minimum atomic E-state index is -1.01. The maximum absolute atomic E-state index is 14.0. The van der Waals surface area contributed by atoms with E-state index in [1.54, 1.807) is 37.3 Å². The third-order valence-corrected chi connectivity index (χ3v) is 5.64. The van der Waals surface area contributed by atoms with Crippen LogP contribution >= 0.6 is 34.8 Å². The van der Waals surface area contributed by atoms with Crippen LogP contribution in [0.3, 0.4) is 0 Å². The first-order chi connectivity index (χ1) is 16.7. The van der Waals surface area contributed by atoms with Crippen molar-refractivity contribution in [2.75, 3.05) is 12.4 Å². The molecule has 0 heterocycles. The summed E-state index contributed by atoms with van der Waals surface area (Å²) in [6.45, 7) is 1.52. The Labute approximate surface area is 215 Å². The summed E-state index contributed by atoms with van der Waals surface area (Å²) in [7, 11) is 1.45. The number of carbonyl (C=O) groups excluding carboxylic acids is 2. The molecule has 0 atom stereocenters. The Hall–Kier alpha value is -3.33. The first-order valence-corrected chi connectivity index (χ1v) is 11.2. The lowest BCUT2D eigenvalue weighted by molar-refractivity contribution is -0.136. The van der Waals surface area contributed by atoms with E-state index in [0.29, 0.717) is 27.8 Å². The normalized spacial score (nSPS) is 11.1. The lowest BCUT2D eigenvalue weighted by Crippen LogP contribution is -2.33. The zero-order valence-corrected chi connectivity index (χ0v) is 20.8. The molecule has 0 fully saturated rings. The number of rotatable bonds is 7. The van der Waals surface area contributed by atoms with Crippen molar-refractivity contribution in [3.05, 3.63) is 86.6 Å². The number of ether oxygens (including phenoxy) is 2. The molecule has 0 spiro atoms. The Kier molecular flexibility index (Phi) is 8.92. The highest BCUT2D eigenvalue weighted by molar-refractivity contribution is 6.42. The summed E-state index contributed by atoms with van der Waals surface area (Å²) in [5.41, 5.74) is 3.55. The lowest BCUT2D eigenvalue weighted by atomic mass is 10.1. The number of halogens is 4. The van der Waals surface area contributed by atoms with Gasteiger partial charge in [-0.1, -0.05) is 40.9 Å². The van der Waals surface area contributed by atoms with E-state index in [-0.39, 0.29) is 27.9 Å². The van der Waals surface area contributed by atoms with Crippen LogP contribution < -0.4 is 20.2 Å². The van der Waals surface area contributed by atoms with Crippen molar-refractivity contribution in [3.63, 3.8) is 0 Å². The number of anilines is 1. The summed E-state index contributed by atoms with van der Waals surface area (Å²) in [4.78, 5) is 24.3. The van der Waals surface area contributed by atoms with Gasteiger partial charge in [-0.3, -0.25) is 9.59 Å². The maximum Gasteiger partial charge on any atom is 0.329 e. The first-order valence-electron chi connectivity index (χ1n) is 10.0. The Morgan fingerprint density at radius 1 is 0.971 bits per heavy atom. The van der Waals surface area contributed by atoms with Crippen LogP contribution in [0.25, 0.3) is 0 Å². The van der Waals surface area contributed by atoms with Gasteiger partial charge in [0.1, 0.15) is 12.4 Å². The molecular weight excluding hydrogens is 520 g/mol. The van der Waals surface area contributed by atoms with Gasteiger partial charge < -0.3 is 14.8 Å². The van der Waals surface area contributed by atoms with Gasteiger partial charge in [-0.05, 0) is 55.5 Å². The summed E-state index contributed by atoms with van der Waals surface area (Å²) in [6.07, 6.45) is 0. The van der Waals surface area contributed by atoms with Crippen LogP contribution in [-0.4, -0.2) is 24.6 Å². The number of nitrogens with one attached hydrogen (secondary N) is 2. The number of hydrazone groups is 1. The van der Waals surface area contributed by atoms with Crippen molar-refractivity contribution in [3.8, 4) is 11.5 Å². The van der Waals surface area contributed by atoms with Gasteiger partial charge in [-0.25, -0.2) is 9.82 Å². The van der Waals surface area contributed by atoms with E-state index in [4.69, 9.17) is 44.3 Å². The first kappa shape index (κ1) is 26.3. The fourth-order valence-corrected chi connectivity index (χ4v) is 3.41. The zero-order valence-electron chi connectivity index (χ0n) is 18.5. The van der Waals surface area contributed by atoms with Gasteiger partial charge >= 0.3 is 11.8 Å².